The molecule has 8 nitrogen and oxygen atoms in total. The Labute approximate surface area is 107 Å². The van der Waals surface area contributed by atoms with Gasteiger partial charge in [-0.05, 0) is 18.1 Å². The van der Waals surface area contributed by atoms with Crippen LogP contribution in [0.2, 0.25) is 0 Å². The summed E-state index contributed by atoms with van der Waals surface area (Å²) in [5.74, 6) is -1.38. The number of nitrogens with one attached hydrogen (secondary N) is 2. The van der Waals surface area contributed by atoms with E-state index in [1.807, 2.05) is 0 Å². The molecule has 0 saturated heterocycles. The van der Waals surface area contributed by atoms with E-state index in [1.54, 1.807) is 0 Å². The van der Waals surface area contributed by atoms with Gasteiger partial charge in [0.2, 0.25) is 5.13 Å². The Morgan fingerprint density at radius 3 is 2.78 bits per heavy atom. The number of carboxylic acid groups (broad SMARTS) is 1. The maximum atomic E-state index is 11.6. The van der Waals surface area contributed by atoms with Gasteiger partial charge in [0.15, 0.2) is 0 Å². The topological polar surface area (TPSA) is 117 Å². The summed E-state index contributed by atoms with van der Waals surface area (Å²) in [6.45, 7) is 0. The van der Waals surface area contributed by atoms with E-state index < -0.39 is 17.9 Å². The Hall–Kier alpha value is -1.77. The zero-order valence-electron chi connectivity index (χ0n) is 9.50. The maximum absolute atomic E-state index is 11.6. The van der Waals surface area contributed by atoms with Crippen LogP contribution >= 0.6 is 11.5 Å². The van der Waals surface area contributed by atoms with Gasteiger partial charge in [-0.3, -0.25) is 10.1 Å². The molecule has 2 atom stereocenters. The van der Waals surface area contributed by atoms with E-state index in [9.17, 15) is 9.59 Å². The predicted molar refractivity (Wildman–Crippen MR) is 63.2 cm³/mol. The van der Waals surface area contributed by atoms with Crippen LogP contribution in [0.5, 0.6) is 0 Å². The Morgan fingerprint density at radius 1 is 1.33 bits per heavy atom. The van der Waals surface area contributed by atoms with E-state index in [0.29, 0.717) is 12.8 Å². The van der Waals surface area contributed by atoms with Crippen LogP contribution in [0.4, 0.5) is 9.93 Å². The van der Waals surface area contributed by atoms with Crippen LogP contribution in [0, 0.1) is 5.92 Å². The first kappa shape index (κ1) is 12.7. The van der Waals surface area contributed by atoms with Crippen molar-refractivity contribution in [2.75, 3.05) is 5.32 Å². The summed E-state index contributed by atoms with van der Waals surface area (Å²) in [4.78, 5) is 22.7. The van der Waals surface area contributed by atoms with E-state index in [4.69, 9.17) is 5.11 Å². The second-order valence-corrected chi connectivity index (χ2v) is 4.83. The molecular weight excluding hydrogens is 258 g/mol. The second-order valence-electron chi connectivity index (χ2n) is 4.10. The van der Waals surface area contributed by atoms with Gasteiger partial charge in [-0.2, -0.15) is 0 Å². The van der Waals surface area contributed by atoms with Gasteiger partial charge in [0.25, 0.3) is 0 Å². The van der Waals surface area contributed by atoms with Crippen LogP contribution in [-0.4, -0.2) is 37.9 Å². The first-order valence-electron chi connectivity index (χ1n) is 5.62. The number of hydrogen-bond donors (Lipinski definition) is 3. The van der Waals surface area contributed by atoms with E-state index in [2.05, 4.69) is 25.4 Å². The fraction of sp³-hybridized carbons (Fsp3) is 0.667. The van der Waals surface area contributed by atoms with Crippen molar-refractivity contribution in [3.8, 4) is 0 Å². The number of anilines is 1. The molecule has 0 aliphatic heterocycles. The fourth-order valence-electron chi connectivity index (χ4n) is 2.08. The van der Waals surface area contributed by atoms with Crippen molar-refractivity contribution in [2.45, 2.75) is 31.7 Å². The van der Waals surface area contributed by atoms with Crippen LogP contribution in [0.3, 0.4) is 0 Å². The Kier molecular flexibility index (Phi) is 4.03. The molecule has 1 aromatic rings. The van der Waals surface area contributed by atoms with Crippen molar-refractivity contribution in [1.29, 1.82) is 0 Å². The average molecular weight is 271 g/mol. The number of hydrogen-bond acceptors (Lipinski definition) is 6. The van der Waals surface area contributed by atoms with E-state index >= 15 is 0 Å². The summed E-state index contributed by atoms with van der Waals surface area (Å²) >= 11 is 0.960. The molecule has 3 N–H and O–H groups in total. The summed E-state index contributed by atoms with van der Waals surface area (Å²) in [5.41, 5.74) is 0. The van der Waals surface area contributed by atoms with Crippen molar-refractivity contribution in [2.24, 2.45) is 5.92 Å². The number of aliphatic carboxylic acids is 1. The minimum atomic E-state index is -0.863. The van der Waals surface area contributed by atoms with Gasteiger partial charge in [-0.25, -0.2) is 4.79 Å². The zero-order chi connectivity index (χ0) is 13.0. The summed E-state index contributed by atoms with van der Waals surface area (Å²) in [7, 11) is 0. The molecule has 2 amide bonds. The quantitative estimate of drug-likeness (QED) is 0.744. The molecule has 1 aliphatic carbocycles. The molecule has 98 valence electrons. The number of urea groups is 1. The molecule has 1 aliphatic rings. The van der Waals surface area contributed by atoms with Crippen LogP contribution < -0.4 is 10.6 Å². The summed E-state index contributed by atoms with van der Waals surface area (Å²) in [6, 6.07) is -0.802. The Balaban J connectivity index is 1.90. The largest absolute Gasteiger partial charge is 0.481 e. The number of nitrogens with zero attached hydrogens (tertiary/aromatic N) is 3. The lowest BCUT2D eigenvalue weighted by molar-refractivity contribution is -0.143. The molecule has 1 fully saturated rings. The lowest BCUT2D eigenvalue weighted by Gasteiger charge is -2.28. The lowest BCUT2D eigenvalue weighted by Crippen LogP contribution is -2.46. The lowest BCUT2D eigenvalue weighted by atomic mass is 9.84. The van der Waals surface area contributed by atoms with Crippen molar-refractivity contribution in [3.63, 3.8) is 0 Å². The van der Waals surface area contributed by atoms with Crippen molar-refractivity contribution < 1.29 is 14.7 Å². The van der Waals surface area contributed by atoms with Crippen LogP contribution in [0.25, 0.3) is 0 Å². The number of carbonyl (C=O) groups excluding carboxylic acids is 1. The van der Waals surface area contributed by atoms with Gasteiger partial charge in [0.1, 0.15) is 0 Å². The molecule has 9 heteroatoms. The molecular formula is C9H13N5O3S. The third-order valence-electron chi connectivity index (χ3n) is 2.92. The van der Waals surface area contributed by atoms with Crippen LogP contribution in [-0.2, 0) is 4.79 Å². The van der Waals surface area contributed by atoms with Gasteiger partial charge >= 0.3 is 12.0 Å². The Bertz CT molecular complexity index is 424. The smallest absolute Gasteiger partial charge is 0.321 e. The molecule has 1 saturated carbocycles. The minimum Gasteiger partial charge on any atom is -0.481 e. The number of carbonyl (C=O) groups is 2. The standard InChI is InChI=1S/C9H13N5O3S/c15-7(16)5-3-1-2-4-6(5)10-8(17)11-9-12-13-14-18-9/h5-6H,1-4H2,(H,15,16)(H2,10,11,12,14,17). The van der Waals surface area contributed by atoms with Crippen LogP contribution in [0.1, 0.15) is 25.7 Å². The first-order chi connectivity index (χ1) is 8.66. The van der Waals surface area contributed by atoms with E-state index in [0.717, 1.165) is 24.4 Å². The monoisotopic (exact) mass is 271 g/mol. The molecule has 1 aromatic heterocycles. The van der Waals surface area contributed by atoms with Crippen LogP contribution in [0.15, 0.2) is 0 Å². The van der Waals surface area contributed by atoms with Gasteiger partial charge in [-0.15, -0.1) is 0 Å². The molecule has 2 rings (SSSR count). The number of aromatic nitrogens is 3. The minimum absolute atomic E-state index is 0.287. The van der Waals surface area contributed by atoms with Crippen molar-refractivity contribution >= 4 is 28.7 Å². The van der Waals surface area contributed by atoms with Gasteiger partial charge in [0, 0.05) is 17.6 Å². The van der Waals surface area contributed by atoms with E-state index in [1.165, 1.54) is 0 Å². The fourth-order valence-corrected chi connectivity index (χ4v) is 2.44. The first-order valence-corrected chi connectivity index (χ1v) is 6.39. The SMILES string of the molecule is O=C(Nc1nnns1)NC1CCCCC1C(=O)O. The molecule has 0 bridgehead atoms. The zero-order valence-corrected chi connectivity index (χ0v) is 10.3. The van der Waals surface area contributed by atoms with Gasteiger partial charge in [-0.1, -0.05) is 22.4 Å². The molecule has 0 spiro atoms. The molecule has 0 radical (unpaired) electrons. The summed E-state index contributed by atoms with van der Waals surface area (Å²) < 4.78 is 3.51. The molecule has 0 aromatic carbocycles. The van der Waals surface area contributed by atoms with Gasteiger partial charge < -0.3 is 10.4 Å². The average Bonchev–Trinajstić information content (AvgIpc) is 2.82. The van der Waals surface area contributed by atoms with Gasteiger partial charge in [0.05, 0.1) is 5.92 Å². The highest BCUT2D eigenvalue weighted by atomic mass is 32.1. The highest BCUT2D eigenvalue weighted by Gasteiger charge is 2.31. The molecule has 2 unspecified atom stereocenters. The number of rotatable bonds is 3. The second kappa shape index (κ2) is 5.71. The van der Waals surface area contributed by atoms with E-state index in [-0.39, 0.29) is 11.2 Å². The number of carboxylic acids is 1. The number of amides is 2. The highest BCUT2D eigenvalue weighted by Crippen LogP contribution is 2.24. The normalized spacial score (nSPS) is 23.3. The third kappa shape index (κ3) is 3.13. The predicted octanol–water partition coefficient (Wildman–Crippen LogP) is 0.698. The molecule has 1 heterocycles. The van der Waals surface area contributed by atoms with Crippen molar-refractivity contribution in [1.82, 2.24) is 20.1 Å². The molecule has 18 heavy (non-hydrogen) atoms. The third-order valence-corrected chi connectivity index (χ3v) is 3.43. The maximum Gasteiger partial charge on any atom is 0.321 e. The summed E-state index contributed by atoms with van der Waals surface area (Å²) in [6.07, 6.45) is 3.09. The summed E-state index contributed by atoms with van der Waals surface area (Å²) in [5, 5.41) is 21.4. The Morgan fingerprint density at radius 2 is 2.11 bits per heavy atom. The highest BCUT2D eigenvalue weighted by molar-refractivity contribution is 7.09. The van der Waals surface area contributed by atoms with Crippen molar-refractivity contribution in [3.05, 3.63) is 0 Å².